The van der Waals surface area contributed by atoms with E-state index in [0.717, 1.165) is 19.2 Å². The van der Waals surface area contributed by atoms with E-state index in [0.29, 0.717) is 0 Å². The van der Waals surface area contributed by atoms with Crippen molar-refractivity contribution in [2.24, 2.45) is 0 Å². The molecule has 0 atom stereocenters. The molecule has 0 aliphatic rings. The van der Waals surface area contributed by atoms with E-state index in [-0.39, 0.29) is 16.1 Å². The minimum atomic E-state index is -3.10. The minimum absolute atomic E-state index is 0.0741. The number of nitrogens with zero attached hydrogens (tertiary/aromatic N) is 1. The molecule has 0 bridgehead atoms. The molecule has 0 unspecified atom stereocenters. The number of rotatable bonds is 3. The van der Waals surface area contributed by atoms with Gasteiger partial charge in [0.25, 0.3) is 0 Å². The molecule has 0 saturated heterocycles. The van der Waals surface area contributed by atoms with Crippen molar-refractivity contribution in [1.29, 1.82) is 5.26 Å². The Morgan fingerprint density at radius 2 is 2.18 bits per heavy atom. The average molecular weight is 262 g/mol. The standard InChI is InChI=1S/C10H6ClF2NO3/c1-16-9(15)6-3-8(17-10(12)13)5(4-14)2-7(6)11/h2-3,10H,1H3. The van der Waals surface area contributed by atoms with Crippen molar-refractivity contribution in [2.45, 2.75) is 6.61 Å². The van der Waals surface area contributed by atoms with Gasteiger partial charge in [-0.05, 0) is 12.1 Å². The summed E-state index contributed by atoms with van der Waals surface area (Å²) < 4.78 is 32.6. The van der Waals surface area contributed by atoms with Crippen LogP contribution >= 0.6 is 11.6 Å². The summed E-state index contributed by atoms with van der Waals surface area (Å²) in [5.41, 5.74) is -0.341. The van der Waals surface area contributed by atoms with Crippen molar-refractivity contribution in [1.82, 2.24) is 0 Å². The summed E-state index contributed by atoms with van der Waals surface area (Å²) >= 11 is 5.70. The Bertz CT molecular complexity index is 485. The molecule has 4 nitrogen and oxygen atoms in total. The van der Waals surface area contributed by atoms with Crippen LogP contribution in [0.15, 0.2) is 12.1 Å². The zero-order chi connectivity index (χ0) is 13.0. The van der Waals surface area contributed by atoms with Gasteiger partial charge in [-0.25, -0.2) is 4.79 Å². The summed E-state index contributed by atoms with van der Waals surface area (Å²) in [6, 6.07) is 3.64. The van der Waals surface area contributed by atoms with Gasteiger partial charge in [-0.2, -0.15) is 14.0 Å². The number of nitriles is 1. The number of carbonyl (C=O) groups is 1. The lowest BCUT2D eigenvalue weighted by molar-refractivity contribution is -0.0501. The van der Waals surface area contributed by atoms with E-state index in [9.17, 15) is 13.6 Å². The van der Waals surface area contributed by atoms with Crippen LogP contribution in [0.3, 0.4) is 0 Å². The molecule has 1 rings (SSSR count). The molecule has 1 aromatic rings. The molecule has 0 radical (unpaired) electrons. The molecule has 0 aliphatic carbocycles. The fourth-order valence-corrected chi connectivity index (χ4v) is 1.34. The van der Waals surface area contributed by atoms with Gasteiger partial charge in [0.15, 0.2) is 0 Å². The van der Waals surface area contributed by atoms with Crippen molar-refractivity contribution in [3.63, 3.8) is 0 Å². The zero-order valence-corrected chi connectivity index (χ0v) is 9.29. The van der Waals surface area contributed by atoms with Crippen LogP contribution in [0.1, 0.15) is 15.9 Å². The number of hydrogen-bond acceptors (Lipinski definition) is 4. The SMILES string of the molecule is COC(=O)c1cc(OC(F)F)c(C#N)cc1Cl. The fourth-order valence-electron chi connectivity index (χ4n) is 1.10. The van der Waals surface area contributed by atoms with Gasteiger partial charge in [0.05, 0.1) is 23.3 Å². The zero-order valence-electron chi connectivity index (χ0n) is 8.54. The van der Waals surface area contributed by atoms with Gasteiger partial charge < -0.3 is 9.47 Å². The Morgan fingerprint density at radius 3 is 2.65 bits per heavy atom. The van der Waals surface area contributed by atoms with E-state index in [1.165, 1.54) is 0 Å². The van der Waals surface area contributed by atoms with Gasteiger partial charge >= 0.3 is 12.6 Å². The number of alkyl halides is 2. The number of hydrogen-bond donors (Lipinski definition) is 0. The minimum Gasteiger partial charge on any atom is -0.465 e. The lowest BCUT2D eigenvalue weighted by atomic mass is 10.1. The average Bonchev–Trinajstić information content (AvgIpc) is 2.29. The number of esters is 1. The van der Waals surface area contributed by atoms with Crippen LogP contribution in [0, 0.1) is 11.3 Å². The van der Waals surface area contributed by atoms with Crippen LogP contribution in [-0.2, 0) is 4.74 Å². The summed E-state index contributed by atoms with van der Waals surface area (Å²) in [4.78, 5) is 11.2. The lowest BCUT2D eigenvalue weighted by Gasteiger charge is -2.09. The number of halogens is 3. The van der Waals surface area contributed by atoms with E-state index in [2.05, 4.69) is 9.47 Å². The highest BCUT2D eigenvalue weighted by Gasteiger charge is 2.18. The third-order valence-electron chi connectivity index (χ3n) is 1.81. The topological polar surface area (TPSA) is 59.3 Å². The molecule has 0 fully saturated rings. The van der Waals surface area contributed by atoms with Crippen LogP contribution in [-0.4, -0.2) is 19.7 Å². The molecule has 7 heteroatoms. The predicted molar refractivity (Wildman–Crippen MR) is 54.1 cm³/mol. The Kier molecular flexibility index (Phi) is 4.24. The predicted octanol–water partition coefficient (Wildman–Crippen LogP) is 2.60. The normalized spacial score (nSPS) is 9.88. The first-order chi connectivity index (χ1) is 7.99. The Morgan fingerprint density at radius 1 is 1.53 bits per heavy atom. The summed E-state index contributed by atoms with van der Waals surface area (Å²) in [6.45, 7) is -3.10. The van der Waals surface area contributed by atoms with Crippen LogP contribution in [0.5, 0.6) is 5.75 Å². The quantitative estimate of drug-likeness (QED) is 0.785. The maximum Gasteiger partial charge on any atom is 0.387 e. The molecule has 0 N–H and O–H groups in total. The monoisotopic (exact) mass is 261 g/mol. The maximum absolute atomic E-state index is 12.1. The highest BCUT2D eigenvalue weighted by Crippen LogP contribution is 2.28. The summed E-state index contributed by atoms with van der Waals surface area (Å²) in [5.74, 6) is -1.23. The molecule has 90 valence electrons. The highest BCUT2D eigenvalue weighted by atomic mass is 35.5. The van der Waals surface area contributed by atoms with E-state index >= 15 is 0 Å². The molecule has 0 amide bonds. The molecule has 0 aliphatic heterocycles. The second-order valence-electron chi connectivity index (χ2n) is 2.81. The molecule has 0 aromatic heterocycles. The van der Waals surface area contributed by atoms with Crippen LogP contribution in [0.2, 0.25) is 5.02 Å². The van der Waals surface area contributed by atoms with Gasteiger partial charge in [-0.3, -0.25) is 0 Å². The fraction of sp³-hybridized carbons (Fsp3) is 0.200. The van der Waals surface area contributed by atoms with Gasteiger partial charge in [-0.1, -0.05) is 11.6 Å². The lowest BCUT2D eigenvalue weighted by Crippen LogP contribution is -2.07. The van der Waals surface area contributed by atoms with Gasteiger partial charge in [0.2, 0.25) is 0 Å². The summed E-state index contributed by atoms with van der Waals surface area (Å²) in [5, 5.41) is 8.62. The van der Waals surface area contributed by atoms with E-state index in [4.69, 9.17) is 16.9 Å². The second-order valence-corrected chi connectivity index (χ2v) is 3.22. The molecular weight excluding hydrogens is 256 g/mol. The molecule has 1 aromatic carbocycles. The Hall–Kier alpha value is -1.87. The number of benzene rings is 1. The molecule has 0 spiro atoms. The van der Waals surface area contributed by atoms with E-state index in [1.54, 1.807) is 6.07 Å². The maximum atomic E-state index is 12.1. The van der Waals surface area contributed by atoms with E-state index in [1.807, 2.05) is 0 Å². The number of methoxy groups -OCH3 is 1. The number of carbonyl (C=O) groups excluding carboxylic acids is 1. The van der Waals surface area contributed by atoms with Crippen LogP contribution in [0.4, 0.5) is 8.78 Å². The van der Waals surface area contributed by atoms with Crippen molar-refractivity contribution in [3.8, 4) is 11.8 Å². The van der Waals surface area contributed by atoms with Crippen molar-refractivity contribution < 1.29 is 23.0 Å². The van der Waals surface area contributed by atoms with Crippen molar-refractivity contribution in [3.05, 3.63) is 28.3 Å². The Balaban J connectivity index is 3.28. The first-order valence-corrected chi connectivity index (χ1v) is 4.64. The largest absolute Gasteiger partial charge is 0.465 e. The van der Waals surface area contributed by atoms with Crippen molar-refractivity contribution in [2.75, 3.05) is 7.11 Å². The first kappa shape index (κ1) is 13.2. The first-order valence-electron chi connectivity index (χ1n) is 4.26. The molecular formula is C10H6ClF2NO3. The summed E-state index contributed by atoms with van der Waals surface area (Å²) in [6.07, 6.45) is 0. The molecule has 0 saturated carbocycles. The second kappa shape index (κ2) is 5.46. The van der Waals surface area contributed by atoms with Crippen molar-refractivity contribution >= 4 is 17.6 Å². The number of ether oxygens (including phenoxy) is 2. The highest BCUT2D eigenvalue weighted by molar-refractivity contribution is 6.33. The van der Waals surface area contributed by atoms with Gasteiger partial charge in [0, 0.05) is 0 Å². The van der Waals surface area contributed by atoms with E-state index < -0.39 is 18.3 Å². The van der Waals surface area contributed by atoms with Gasteiger partial charge in [0.1, 0.15) is 11.8 Å². The third kappa shape index (κ3) is 3.04. The van der Waals surface area contributed by atoms with Crippen LogP contribution in [0.25, 0.3) is 0 Å². The third-order valence-corrected chi connectivity index (χ3v) is 2.12. The van der Waals surface area contributed by atoms with Gasteiger partial charge in [-0.15, -0.1) is 0 Å². The molecule has 0 heterocycles. The smallest absolute Gasteiger partial charge is 0.387 e. The Labute approximate surface area is 100 Å². The summed E-state index contributed by atoms with van der Waals surface area (Å²) in [7, 11) is 1.12. The van der Waals surface area contributed by atoms with Crippen LogP contribution < -0.4 is 4.74 Å². The molecule has 17 heavy (non-hydrogen) atoms.